The topological polar surface area (TPSA) is 33.7 Å². The number of fused-ring (bicyclic) bond motifs is 4. The maximum atomic E-state index is 6.38. The van der Waals surface area contributed by atoms with Gasteiger partial charge in [0, 0.05) is 24.1 Å². The number of thiocarbonyl (C=S) groups is 1. The summed E-state index contributed by atoms with van der Waals surface area (Å²) in [6, 6.07) is 4.50. The van der Waals surface area contributed by atoms with Gasteiger partial charge in [-0.05, 0) is 51.5 Å². The number of methoxy groups -OCH3 is 1. The Morgan fingerprint density at radius 1 is 1.48 bits per heavy atom. The number of rotatable bonds is 2. The Balaban J connectivity index is 2.11. The van der Waals surface area contributed by atoms with Crippen LogP contribution < -0.4 is 14.8 Å². The second-order valence-corrected chi connectivity index (χ2v) is 6.69. The highest BCUT2D eigenvalue weighted by Gasteiger charge is 2.48. The smallest absolute Gasteiger partial charge is 0.184 e. The molecule has 2 aliphatic rings. The molecule has 21 heavy (non-hydrogen) atoms. The Bertz CT molecular complexity index is 602. The van der Waals surface area contributed by atoms with Crippen LogP contribution in [0.2, 0.25) is 0 Å². The summed E-state index contributed by atoms with van der Waals surface area (Å²) in [4.78, 5) is 2.15. The van der Waals surface area contributed by atoms with Gasteiger partial charge in [-0.3, -0.25) is 0 Å². The highest BCUT2D eigenvalue weighted by molar-refractivity contribution is 7.80. The predicted molar refractivity (Wildman–Crippen MR) is 86.8 cm³/mol. The summed E-state index contributed by atoms with van der Waals surface area (Å²) in [5.41, 5.74) is 1.95. The lowest BCUT2D eigenvalue weighted by Gasteiger charge is -2.54. The standard InChI is InChI=1S/C16H22N2O2S/c1-9(2)18-15(21)17-12-8-16(18,4)20-13-7-11(19-5)6-10(3)14(12)13/h6-7,9,12H,8H2,1-5H3,(H,17,21). The van der Waals surface area contributed by atoms with Gasteiger partial charge in [0.25, 0.3) is 0 Å². The largest absolute Gasteiger partial charge is 0.497 e. The molecule has 1 aromatic carbocycles. The molecule has 3 rings (SSSR count). The van der Waals surface area contributed by atoms with Gasteiger partial charge in [-0.2, -0.15) is 0 Å². The fraction of sp³-hybridized carbons (Fsp3) is 0.562. The molecule has 1 aromatic rings. The number of nitrogens with zero attached hydrogens (tertiary/aromatic N) is 1. The molecule has 0 radical (unpaired) electrons. The normalized spacial score (nSPS) is 27.0. The van der Waals surface area contributed by atoms with Crippen molar-refractivity contribution in [2.45, 2.75) is 51.9 Å². The lowest BCUT2D eigenvalue weighted by molar-refractivity contribution is -0.0810. The molecule has 5 heteroatoms. The molecule has 0 amide bonds. The van der Waals surface area contributed by atoms with Crippen molar-refractivity contribution < 1.29 is 9.47 Å². The summed E-state index contributed by atoms with van der Waals surface area (Å²) < 4.78 is 11.7. The molecule has 2 bridgehead atoms. The van der Waals surface area contributed by atoms with E-state index in [0.29, 0.717) is 0 Å². The van der Waals surface area contributed by atoms with Crippen molar-refractivity contribution in [3.8, 4) is 11.5 Å². The van der Waals surface area contributed by atoms with Crippen LogP contribution in [-0.2, 0) is 0 Å². The minimum absolute atomic E-state index is 0.201. The first-order chi connectivity index (χ1) is 9.85. The van der Waals surface area contributed by atoms with Gasteiger partial charge in [0.15, 0.2) is 10.8 Å². The third-order valence-electron chi connectivity index (χ3n) is 4.36. The lowest BCUT2D eigenvalue weighted by atomic mass is 9.87. The Hall–Kier alpha value is -1.49. The summed E-state index contributed by atoms with van der Waals surface area (Å²) in [6.45, 7) is 8.47. The van der Waals surface area contributed by atoms with E-state index in [2.05, 4.69) is 37.9 Å². The van der Waals surface area contributed by atoms with Crippen molar-refractivity contribution in [3.63, 3.8) is 0 Å². The zero-order chi connectivity index (χ0) is 15.4. The molecule has 2 heterocycles. The van der Waals surface area contributed by atoms with Crippen LogP contribution in [0.15, 0.2) is 12.1 Å². The summed E-state index contributed by atoms with van der Waals surface area (Å²) >= 11 is 5.56. The van der Waals surface area contributed by atoms with E-state index in [9.17, 15) is 0 Å². The zero-order valence-corrected chi connectivity index (χ0v) is 14.0. The van der Waals surface area contributed by atoms with Gasteiger partial charge in [0.1, 0.15) is 11.5 Å². The van der Waals surface area contributed by atoms with Crippen molar-refractivity contribution in [2.24, 2.45) is 0 Å². The fourth-order valence-electron chi connectivity index (χ4n) is 3.63. The monoisotopic (exact) mass is 306 g/mol. The number of ether oxygens (including phenoxy) is 2. The van der Waals surface area contributed by atoms with Gasteiger partial charge in [-0.25, -0.2) is 0 Å². The molecule has 0 saturated carbocycles. The third-order valence-corrected chi connectivity index (χ3v) is 4.68. The first-order valence-corrected chi connectivity index (χ1v) is 7.74. The maximum absolute atomic E-state index is 6.38. The minimum atomic E-state index is -0.410. The molecule has 0 spiro atoms. The van der Waals surface area contributed by atoms with E-state index < -0.39 is 5.72 Å². The van der Waals surface area contributed by atoms with Crippen molar-refractivity contribution in [2.75, 3.05) is 7.11 Å². The van der Waals surface area contributed by atoms with Gasteiger partial charge in [-0.1, -0.05) is 0 Å². The Labute approximate surface area is 131 Å². The SMILES string of the molecule is COc1cc(C)c2c(c1)OC1(C)CC2NC(=S)N1C(C)C. The number of hydrogen-bond donors (Lipinski definition) is 1. The van der Waals surface area contributed by atoms with Gasteiger partial charge in [0.05, 0.1) is 13.2 Å². The first kappa shape index (κ1) is 14.4. The Morgan fingerprint density at radius 2 is 2.19 bits per heavy atom. The van der Waals surface area contributed by atoms with Crippen LogP contribution in [0.1, 0.15) is 44.4 Å². The van der Waals surface area contributed by atoms with E-state index in [1.54, 1.807) is 7.11 Å². The van der Waals surface area contributed by atoms with E-state index >= 15 is 0 Å². The molecular weight excluding hydrogens is 284 g/mol. The van der Waals surface area contributed by atoms with Gasteiger partial charge in [-0.15, -0.1) is 0 Å². The Kier molecular flexibility index (Phi) is 3.28. The first-order valence-electron chi connectivity index (χ1n) is 7.33. The van der Waals surface area contributed by atoms with Gasteiger partial charge < -0.3 is 19.7 Å². The van der Waals surface area contributed by atoms with E-state index in [1.165, 1.54) is 11.1 Å². The molecule has 4 nitrogen and oxygen atoms in total. The van der Waals surface area contributed by atoms with Crippen LogP contribution in [-0.4, -0.2) is 28.9 Å². The van der Waals surface area contributed by atoms with E-state index in [1.807, 2.05) is 12.1 Å². The number of aryl methyl sites for hydroxylation is 1. The predicted octanol–water partition coefficient (Wildman–Crippen LogP) is 3.14. The molecular formula is C16H22N2O2S. The highest BCUT2D eigenvalue weighted by Crippen LogP contribution is 2.47. The molecule has 114 valence electrons. The molecule has 2 aliphatic heterocycles. The summed E-state index contributed by atoms with van der Waals surface area (Å²) in [6.07, 6.45) is 0.880. The number of nitrogens with one attached hydrogen (secondary N) is 1. The average Bonchev–Trinajstić information content (AvgIpc) is 2.35. The fourth-order valence-corrected chi connectivity index (χ4v) is 4.17. The summed E-state index contributed by atoms with van der Waals surface area (Å²) in [5, 5.41) is 4.24. The van der Waals surface area contributed by atoms with Crippen molar-refractivity contribution >= 4 is 17.3 Å². The molecule has 1 N–H and O–H groups in total. The highest BCUT2D eigenvalue weighted by atomic mass is 32.1. The molecule has 0 aliphatic carbocycles. The second-order valence-electron chi connectivity index (χ2n) is 6.30. The zero-order valence-electron chi connectivity index (χ0n) is 13.2. The second kappa shape index (κ2) is 4.77. The molecule has 1 saturated heterocycles. The van der Waals surface area contributed by atoms with Crippen LogP contribution in [0.5, 0.6) is 11.5 Å². The van der Waals surface area contributed by atoms with Gasteiger partial charge >= 0.3 is 0 Å². The third kappa shape index (κ3) is 2.14. The van der Waals surface area contributed by atoms with Crippen LogP contribution in [0, 0.1) is 6.92 Å². The van der Waals surface area contributed by atoms with E-state index in [4.69, 9.17) is 21.7 Å². The van der Waals surface area contributed by atoms with Crippen LogP contribution in [0.25, 0.3) is 0 Å². The number of hydrogen-bond acceptors (Lipinski definition) is 3. The molecule has 0 aromatic heterocycles. The van der Waals surface area contributed by atoms with E-state index in [-0.39, 0.29) is 12.1 Å². The number of benzene rings is 1. The van der Waals surface area contributed by atoms with Crippen molar-refractivity contribution in [1.82, 2.24) is 10.2 Å². The lowest BCUT2D eigenvalue weighted by Crippen LogP contribution is -2.66. The van der Waals surface area contributed by atoms with Gasteiger partial charge in [0.2, 0.25) is 0 Å². The van der Waals surface area contributed by atoms with Crippen LogP contribution in [0.4, 0.5) is 0 Å². The average molecular weight is 306 g/mol. The van der Waals surface area contributed by atoms with Crippen LogP contribution >= 0.6 is 12.2 Å². The van der Waals surface area contributed by atoms with Crippen molar-refractivity contribution in [3.05, 3.63) is 23.3 Å². The van der Waals surface area contributed by atoms with E-state index in [0.717, 1.165) is 23.0 Å². The van der Waals surface area contributed by atoms with Crippen molar-refractivity contribution in [1.29, 1.82) is 0 Å². The quantitative estimate of drug-likeness (QED) is 0.849. The summed E-state index contributed by atoms with van der Waals surface area (Å²) in [5.74, 6) is 1.72. The molecule has 2 atom stereocenters. The van der Waals surface area contributed by atoms with Crippen LogP contribution in [0.3, 0.4) is 0 Å². The summed E-state index contributed by atoms with van der Waals surface area (Å²) in [7, 11) is 1.68. The maximum Gasteiger partial charge on any atom is 0.184 e. The minimum Gasteiger partial charge on any atom is -0.497 e. The molecule has 2 unspecified atom stereocenters. The Morgan fingerprint density at radius 3 is 2.81 bits per heavy atom. The molecule has 1 fully saturated rings.